The fourth-order valence-corrected chi connectivity index (χ4v) is 3.38. The first kappa shape index (κ1) is 16.1. The predicted molar refractivity (Wildman–Crippen MR) is 89.6 cm³/mol. The van der Waals surface area contributed by atoms with Crippen LogP contribution in [0.25, 0.3) is 0 Å². The second-order valence-electron chi connectivity index (χ2n) is 5.20. The van der Waals surface area contributed by atoms with Gasteiger partial charge in [-0.15, -0.1) is 0 Å². The number of nitrogens with zero attached hydrogens (tertiary/aromatic N) is 2. The third kappa shape index (κ3) is 4.18. The maximum atomic E-state index is 13.3. The number of rotatable bonds is 4. The van der Waals surface area contributed by atoms with E-state index in [0.29, 0.717) is 23.6 Å². The molecule has 118 valence electrons. The highest BCUT2D eigenvalue weighted by Crippen LogP contribution is 2.21. The van der Waals surface area contributed by atoms with Crippen molar-refractivity contribution >= 4 is 27.5 Å². The summed E-state index contributed by atoms with van der Waals surface area (Å²) in [7, 11) is 0. The molecule has 0 aliphatic heterocycles. The smallest absolute Gasteiger partial charge is 0.126 e. The monoisotopic (exact) mass is 396 g/mol. The Labute approximate surface area is 145 Å². The van der Waals surface area contributed by atoms with Crippen LogP contribution in [-0.4, -0.2) is 9.55 Å². The van der Waals surface area contributed by atoms with Crippen LogP contribution in [0.3, 0.4) is 0 Å². The highest BCUT2D eigenvalue weighted by molar-refractivity contribution is 9.10. The highest BCUT2D eigenvalue weighted by atomic mass is 79.9. The van der Waals surface area contributed by atoms with Crippen LogP contribution in [0.1, 0.15) is 17.0 Å². The minimum atomic E-state index is -0.583. The van der Waals surface area contributed by atoms with Gasteiger partial charge in [0, 0.05) is 40.9 Å². The molecule has 2 aromatic carbocycles. The Bertz CT molecular complexity index is 740. The zero-order valence-corrected chi connectivity index (χ0v) is 14.3. The second kappa shape index (κ2) is 6.81. The average Bonchev–Trinajstić information content (AvgIpc) is 2.83. The van der Waals surface area contributed by atoms with Crippen LogP contribution in [0.2, 0.25) is 5.02 Å². The fraction of sp³-hybridized carbons (Fsp3) is 0.118. The van der Waals surface area contributed by atoms with E-state index in [1.54, 1.807) is 12.4 Å². The molecular weight excluding hydrogens is 386 g/mol. The lowest BCUT2D eigenvalue weighted by Crippen LogP contribution is -2.06. The second-order valence-corrected chi connectivity index (χ2v) is 6.56. The van der Waals surface area contributed by atoms with E-state index in [1.165, 1.54) is 12.1 Å². The van der Waals surface area contributed by atoms with Crippen LogP contribution in [0, 0.1) is 11.6 Å². The molecule has 0 atom stereocenters. The van der Waals surface area contributed by atoms with E-state index in [-0.39, 0.29) is 0 Å². The number of hydrogen-bond acceptors (Lipinski definition) is 1. The summed E-state index contributed by atoms with van der Waals surface area (Å²) in [5.74, 6) is -0.371. The first-order chi connectivity index (χ1) is 11.0. The quantitative estimate of drug-likeness (QED) is 0.590. The number of halogens is 4. The summed E-state index contributed by atoms with van der Waals surface area (Å²) >= 11 is 9.46. The van der Waals surface area contributed by atoms with E-state index in [2.05, 4.69) is 20.9 Å². The first-order valence-electron chi connectivity index (χ1n) is 6.89. The Hall–Kier alpha value is -1.72. The van der Waals surface area contributed by atoms with Crippen molar-refractivity contribution in [3.8, 4) is 0 Å². The van der Waals surface area contributed by atoms with Gasteiger partial charge in [-0.2, -0.15) is 0 Å². The van der Waals surface area contributed by atoms with Crippen molar-refractivity contribution in [3.63, 3.8) is 0 Å². The topological polar surface area (TPSA) is 17.8 Å². The third-order valence-corrected chi connectivity index (χ3v) is 4.04. The summed E-state index contributed by atoms with van der Waals surface area (Å²) in [6, 6.07) is 9.15. The maximum Gasteiger partial charge on any atom is 0.126 e. The van der Waals surface area contributed by atoms with Crippen molar-refractivity contribution < 1.29 is 8.78 Å². The molecule has 0 spiro atoms. The molecule has 0 bridgehead atoms. The molecule has 6 heteroatoms. The molecule has 0 fully saturated rings. The molecule has 2 nitrogen and oxygen atoms in total. The number of imidazole rings is 1. The molecule has 0 radical (unpaired) electrons. The van der Waals surface area contributed by atoms with Crippen LogP contribution in [-0.2, 0) is 13.0 Å². The Morgan fingerprint density at radius 3 is 2.43 bits per heavy atom. The van der Waals surface area contributed by atoms with Gasteiger partial charge in [0.15, 0.2) is 0 Å². The van der Waals surface area contributed by atoms with Gasteiger partial charge in [0.1, 0.15) is 17.5 Å². The lowest BCUT2D eigenvalue weighted by Gasteiger charge is -2.09. The maximum absolute atomic E-state index is 13.3. The van der Waals surface area contributed by atoms with Crippen molar-refractivity contribution in [3.05, 3.63) is 86.9 Å². The van der Waals surface area contributed by atoms with Gasteiger partial charge in [-0.25, -0.2) is 13.8 Å². The van der Waals surface area contributed by atoms with Gasteiger partial charge in [-0.3, -0.25) is 0 Å². The van der Waals surface area contributed by atoms with Crippen molar-refractivity contribution in [2.24, 2.45) is 0 Å². The van der Waals surface area contributed by atoms with Crippen LogP contribution in [0.4, 0.5) is 8.78 Å². The Morgan fingerprint density at radius 2 is 1.74 bits per heavy atom. The standard InChI is InChI=1S/C17H12BrClF2N2/c18-13-3-11(4-14(19)8-13)7-17-22-1-2-23(17)10-12-5-15(20)9-16(21)6-12/h1-6,8-9H,7,10H2. The normalized spacial score (nSPS) is 11.0. The lowest BCUT2D eigenvalue weighted by atomic mass is 10.1. The molecule has 0 aliphatic rings. The van der Waals surface area contributed by atoms with Crippen molar-refractivity contribution in [1.82, 2.24) is 9.55 Å². The van der Waals surface area contributed by atoms with Crippen molar-refractivity contribution in [2.75, 3.05) is 0 Å². The van der Waals surface area contributed by atoms with E-state index in [4.69, 9.17) is 11.6 Å². The summed E-state index contributed by atoms with van der Waals surface area (Å²) in [6.07, 6.45) is 4.03. The average molecular weight is 398 g/mol. The van der Waals surface area contributed by atoms with Crippen LogP contribution in [0.5, 0.6) is 0 Å². The molecule has 1 heterocycles. The molecule has 0 saturated heterocycles. The SMILES string of the molecule is Fc1cc(F)cc(Cn2ccnc2Cc2cc(Cl)cc(Br)c2)c1. The van der Waals surface area contributed by atoms with Crippen molar-refractivity contribution in [2.45, 2.75) is 13.0 Å². The van der Waals surface area contributed by atoms with Gasteiger partial charge in [0.2, 0.25) is 0 Å². The van der Waals surface area contributed by atoms with E-state index in [0.717, 1.165) is 21.9 Å². The van der Waals surface area contributed by atoms with Crippen LogP contribution in [0.15, 0.2) is 53.3 Å². The highest BCUT2D eigenvalue weighted by Gasteiger charge is 2.08. The number of benzene rings is 2. The van der Waals surface area contributed by atoms with E-state index in [9.17, 15) is 8.78 Å². The van der Waals surface area contributed by atoms with Gasteiger partial charge in [-0.1, -0.05) is 27.5 Å². The van der Waals surface area contributed by atoms with E-state index < -0.39 is 11.6 Å². The summed E-state index contributed by atoms with van der Waals surface area (Å²) in [5, 5.41) is 0.639. The molecule has 1 aromatic heterocycles. The van der Waals surface area contributed by atoms with Gasteiger partial charge in [0.25, 0.3) is 0 Å². The Balaban J connectivity index is 1.84. The van der Waals surface area contributed by atoms with Crippen LogP contribution >= 0.6 is 27.5 Å². The van der Waals surface area contributed by atoms with Gasteiger partial charge >= 0.3 is 0 Å². The zero-order valence-electron chi connectivity index (χ0n) is 11.9. The van der Waals surface area contributed by atoms with Crippen LogP contribution < -0.4 is 0 Å². The Kier molecular flexibility index (Phi) is 4.78. The van der Waals surface area contributed by atoms with E-state index in [1.807, 2.05) is 22.8 Å². The van der Waals surface area contributed by atoms with Crippen molar-refractivity contribution in [1.29, 1.82) is 0 Å². The summed E-state index contributed by atoms with van der Waals surface area (Å²) < 4.78 is 29.4. The van der Waals surface area contributed by atoms with Gasteiger partial charge in [0.05, 0.1) is 0 Å². The third-order valence-electron chi connectivity index (χ3n) is 3.36. The zero-order chi connectivity index (χ0) is 16.4. The molecule has 0 saturated carbocycles. The fourth-order valence-electron chi connectivity index (χ4n) is 2.45. The summed E-state index contributed by atoms with van der Waals surface area (Å²) in [4.78, 5) is 4.33. The van der Waals surface area contributed by atoms with E-state index >= 15 is 0 Å². The van der Waals surface area contributed by atoms with Gasteiger partial charge < -0.3 is 4.57 Å². The minimum absolute atomic E-state index is 0.353. The predicted octanol–water partition coefficient (Wildman–Crippen LogP) is 5.22. The Morgan fingerprint density at radius 1 is 1.00 bits per heavy atom. The molecular formula is C17H12BrClF2N2. The molecule has 0 unspecified atom stereocenters. The number of hydrogen-bond donors (Lipinski definition) is 0. The molecule has 0 aliphatic carbocycles. The minimum Gasteiger partial charge on any atom is -0.330 e. The lowest BCUT2D eigenvalue weighted by molar-refractivity contribution is 0.576. The summed E-state index contributed by atoms with van der Waals surface area (Å²) in [6.45, 7) is 0.353. The summed E-state index contributed by atoms with van der Waals surface area (Å²) in [5.41, 5.74) is 1.55. The molecule has 3 aromatic rings. The largest absolute Gasteiger partial charge is 0.330 e. The molecule has 3 rings (SSSR count). The molecule has 0 amide bonds. The first-order valence-corrected chi connectivity index (χ1v) is 8.06. The molecule has 0 N–H and O–H groups in total. The number of aromatic nitrogens is 2. The molecule has 23 heavy (non-hydrogen) atoms. The van der Waals surface area contributed by atoms with Gasteiger partial charge in [-0.05, 0) is 41.5 Å².